The first kappa shape index (κ1) is 14.3. The number of rotatable bonds is 4. The van der Waals surface area contributed by atoms with E-state index >= 15 is 0 Å². The molecule has 0 fully saturated rings. The second kappa shape index (κ2) is 5.92. The maximum atomic E-state index is 10.9. The van der Waals surface area contributed by atoms with Crippen LogP contribution in [0.2, 0.25) is 0 Å². The van der Waals surface area contributed by atoms with Crippen molar-refractivity contribution >= 4 is 17.1 Å². The van der Waals surface area contributed by atoms with Crippen molar-refractivity contribution in [3.05, 3.63) is 63.7 Å². The average molecular weight is 282 g/mol. The fraction of sp³-hybridized carbons (Fsp3) is 0.133. The fourth-order valence-corrected chi connectivity index (χ4v) is 1.99. The number of nitrogens with one attached hydrogen (secondary N) is 1. The maximum Gasteiger partial charge on any atom is 0.289 e. The van der Waals surface area contributed by atoms with E-state index in [0.717, 1.165) is 5.56 Å². The van der Waals surface area contributed by atoms with Gasteiger partial charge in [0.25, 0.3) is 5.69 Å². The van der Waals surface area contributed by atoms with Crippen LogP contribution in [0.25, 0.3) is 0 Å². The van der Waals surface area contributed by atoms with E-state index in [2.05, 4.69) is 5.32 Å². The highest BCUT2D eigenvalue weighted by Gasteiger charge is 2.15. The van der Waals surface area contributed by atoms with E-state index in [0.29, 0.717) is 11.4 Å². The second-order valence-electron chi connectivity index (χ2n) is 4.63. The highest BCUT2D eigenvalue weighted by atomic mass is 16.6. The molecule has 0 spiro atoms. The summed E-state index contributed by atoms with van der Waals surface area (Å²) in [6, 6.07) is 13.6. The van der Waals surface area contributed by atoms with Gasteiger partial charge in [-0.05, 0) is 36.8 Å². The van der Waals surface area contributed by atoms with E-state index in [1.807, 2.05) is 25.1 Å². The van der Waals surface area contributed by atoms with E-state index in [1.165, 1.54) is 12.1 Å². The molecule has 106 valence electrons. The highest BCUT2D eigenvalue weighted by Crippen LogP contribution is 2.26. The quantitative estimate of drug-likeness (QED) is 0.509. The predicted molar refractivity (Wildman–Crippen MR) is 80.7 cm³/mol. The number of hydrogen-bond acceptors (Lipinski definition) is 5. The van der Waals surface area contributed by atoms with Gasteiger partial charge in [-0.25, -0.2) is 0 Å². The SMILES string of the molecule is CC(Nc1ccc(C#N)c([N+](=O)[O-])c1)c1ccc(N)cc1. The van der Waals surface area contributed by atoms with E-state index in [1.54, 1.807) is 18.2 Å². The molecular weight excluding hydrogens is 268 g/mol. The summed E-state index contributed by atoms with van der Waals surface area (Å²) in [6.07, 6.45) is 0. The number of anilines is 2. The molecule has 0 saturated heterocycles. The van der Waals surface area contributed by atoms with Gasteiger partial charge >= 0.3 is 0 Å². The Morgan fingerprint density at radius 3 is 2.52 bits per heavy atom. The summed E-state index contributed by atoms with van der Waals surface area (Å²) in [4.78, 5) is 10.4. The molecule has 2 rings (SSSR count). The van der Waals surface area contributed by atoms with E-state index in [9.17, 15) is 10.1 Å². The molecule has 0 radical (unpaired) electrons. The van der Waals surface area contributed by atoms with Gasteiger partial charge in [-0.1, -0.05) is 12.1 Å². The summed E-state index contributed by atoms with van der Waals surface area (Å²) in [5, 5.41) is 23.0. The molecule has 0 aromatic heterocycles. The molecule has 2 aromatic rings. The van der Waals surface area contributed by atoms with Crippen LogP contribution in [0.3, 0.4) is 0 Å². The molecule has 2 aromatic carbocycles. The van der Waals surface area contributed by atoms with Crippen LogP contribution in [-0.4, -0.2) is 4.92 Å². The summed E-state index contributed by atoms with van der Waals surface area (Å²) in [6.45, 7) is 1.94. The summed E-state index contributed by atoms with van der Waals surface area (Å²) in [7, 11) is 0. The second-order valence-corrected chi connectivity index (χ2v) is 4.63. The Morgan fingerprint density at radius 1 is 1.29 bits per heavy atom. The average Bonchev–Trinajstić information content (AvgIpc) is 2.47. The minimum Gasteiger partial charge on any atom is -0.399 e. The van der Waals surface area contributed by atoms with Gasteiger partial charge in [0, 0.05) is 23.5 Å². The van der Waals surface area contributed by atoms with Gasteiger partial charge in [-0.15, -0.1) is 0 Å². The minimum atomic E-state index is -0.558. The summed E-state index contributed by atoms with van der Waals surface area (Å²) < 4.78 is 0. The maximum absolute atomic E-state index is 10.9. The largest absolute Gasteiger partial charge is 0.399 e. The number of nitriles is 1. The molecule has 0 bridgehead atoms. The van der Waals surface area contributed by atoms with Gasteiger partial charge in [0.05, 0.1) is 4.92 Å². The van der Waals surface area contributed by atoms with Crippen LogP contribution >= 0.6 is 0 Å². The topological polar surface area (TPSA) is 105 Å². The van der Waals surface area contributed by atoms with Crippen LogP contribution < -0.4 is 11.1 Å². The Hall–Kier alpha value is -3.07. The van der Waals surface area contributed by atoms with Crippen molar-refractivity contribution in [2.24, 2.45) is 0 Å². The van der Waals surface area contributed by atoms with E-state index in [4.69, 9.17) is 11.0 Å². The molecular formula is C15H14N4O2. The zero-order valence-corrected chi connectivity index (χ0v) is 11.4. The Balaban J connectivity index is 2.23. The molecule has 0 aliphatic heterocycles. The molecule has 21 heavy (non-hydrogen) atoms. The highest BCUT2D eigenvalue weighted by molar-refractivity contribution is 5.59. The molecule has 6 heteroatoms. The lowest BCUT2D eigenvalue weighted by atomic mass is 10.1. The summed E-state index contributed by atoms with van der Waals surface area (Å²) in [5.41, 5.74) is 7.76. The Labute approximate surface area is 122 Å². The van der Waals surface area contributed by atoms with Crippen molar-refractivity contribution in [3.63, 3.8) is 0 Å². The molecule has 0 heterocycles. The van der Waals surface area contributed by atoms with Crippen molar-refractivity contribution < 1.29 is 4.92 Å². The fourth-order valence-electron chi connectivity index (χ4n) is 1.99. The monoisotopic (exact) mass is 282 g/mol. The number of benzene rings is 2. The van der Waals surface area contributed by atoms with Crippen molar-refractivity contribution in [2.75, 3.05) is 11.1 Å². The first-order chi connectivity index (χ1) is 10.0. The van der Waals surface area contributed by atoms with Gasteiger partial charge < -0.3 is 11.1 Å². The molecule has 0 saturated carbocycles. The first-order valence-electron chi connectivity index (χ1n) is 6.32. The third-order valence-corrected chi connectivity index (χ3v) is 3.13. The summed E-state index contributed by atoms with van der Waals surface area (Å²) in [5.74, 6) is 0. The molecule has 6 nitrogen and oxygen atoms in total. The van der Waals surface area contributed by atoms with Gasteiger partial charge in [-0.3, -0.25) is 10.1 Å². The number of nitrogens with zero attached hydrogens (tertiary/aromatic N) is 2. The third-order valence-electron chi connectivity index (χ3n) is 3.13. The number of hydrogen-bond donors (Lipinski definition) is 2. The number of nitrogens with two attached hydrogens (primary N) is 1. The lowest BCUT2D eigenvalue weighted by molar-refractivity contribution is -0.385. The van der Waals surface area contributed by atoms with Gasteiger partial charge in [-0.2, -0.15) is 5.26 Å². The van der Waals surface area contributed by atoms with E-state index < -0.39 is 4.92 Å². The zero-order chi connectivity index (χ0) is 15.4. The van der Waals surface area contributed by atoms with Crippen LogP contribution in [0.4, 0.5) is 17.1 Å². The first-order valence-corrected chi connectivity index (χ1v) is 6.32. The normalized spacial score (nSPS) is 11.4. The van der Waals surface area contributed by atoms with Crippen molar-refractivity contribution in [2.45, 2.75) is 13.0 Å². The molecule has 0 amide bonds. The third kappa shape index (κ3) is 3.28. The molecule has 0 aliphatic carbocycles. The number of nitro groups is 1. The standard InChI is InChI=1S/C15H14N4O2/c1-10(11-2-5-13(17)6-3-11)18-14-7-4-12(9-16)15(8-14)19(20)21/h2-8,10,18H,17H2,1H3. The van der Waals surface area contributed by atoms with Gasteiger partial charge in [0.1, 0.15) is 11.6 Å². The Kier molecular flexibility index (Phi) is 4.05. The lowest BCUT2D eigenvalue weighted by Gasteiger charge is -2.16. The van der Waals surface area contributed by atoms with E-state index in [-0.39, 0.29) is 17.3 Å². The minimum absolute atomic E-state index is 0.0434. The Morgan fingerprint density at radius 2 is 1.95 bits per heavy atom. The van der Waals surface area contributed by atoms with Crippen LogP contribution in [0, 0.1) is 21.4 Å². The van der Waals surface area contributed by atoms with Crippen LogP contribution in [0.5, 0.6) is 0 Å². The number of nitrogen functional groups attached to an aromatic ring is 1. The number of nitro benzene ring substituents is 1. The zero-order valence-electron chi connectivity index (χ0n) is 11.4. The smallest absolute Gasteiger partial charge is 0.289 e. The molecule has 3 N–H and O–H groups in total. The van der Waals surface area contributed by atoms with Crippen LogP contribution in [0.1, 0.15) is 24.1 Å². The van der Waals surface area contributed by atoms with Crippen LogP contribution in [0.15, 0.2) is 42.5 Å². The summed E-state index contributed by atoms with van der Waals surface area (Å²) >= 11 is 0. The van der Waals surface area contributed by atoms with Gasteiger partial charge in [0.2, 0.25) is 0 Å². The van der Waals surface area contributed by atoms with Crippen molar-refractivity contribution in [1.29, 1.82) is 5.26 Å². The van der Waals surface area contributed by atoms with Crippen molar-refractivity contribution in [1.82, 2.24) is 0 Å². The van der Waals surface area contributed by atoms with Crippen molar-refractivity contribution in [3.8, 4) is 6.07 Å². The Bertz CT molecular complexity index is 705. The molecule has 0 aliphatic rings. The molecule has 1 unspecified atom stereocenters. The van der Waals surface area contributed by atoms with Crippen LogP contribution in [-0.2, 0) is 0 Å². The molecule has 1 atom stereocenters. The lowest BCUT2D eigenvalue weighted by Crippen LogP contribution is -2.07. The van der Waals surface area contributed by atoms with Gasteiger partial charge in [0.15, 0.2) is 0 Å². The predicted octanol–water partition coefficient (Wildman–Crippen LogP) is 3.22.